The lowest BCUT2D eigenvalue weighted by molar-refractivity contribution is 0.246. The van der Waals surface area contributed by atoms with E-state index in [2.05, 4.69) is 30.8 Å². The topological polar surface area (TPSA) is 68.9 Å². The van der Waals surface area contributed by atoms with Crippen molar-refractivity contribution in [3.05, 3.63) is 47.1 Å². The summed E-state index contributed by atoms with van der Waals surface area (Å²) in [4.78, 5) is 17.1. The van der Waals surface area contributed by atoms with Crippen LogP contribution in [0.5, 0.6) is 0 Å². The van der Waals surface area contributed by atoms with E-state index in [1.54, 1.807) is 18.6 Å². The summed E-state index contributed by atoms with van der Waals surface area (Å²) in [6.45, 7) is 4.23. The predicted molar refractivity (Wildman–Crippen MR) is 83.5 cm³/mol. The second-order valence-electron chi connectivity index (χ2n) is 5.07. The van der Waals surface area contributed by atoms with Crippen LogP contribution in [0.15, 0.2) is 30.7 Å². The Morgan fingerprint density at radius 3 is 2.55 bits per heavy atom. The Hall–Kier alpha value is -2.23. The second kappa shape index (κ2) is 6.69. The van der Waals surface area contributed by atoms with Gasteiger partial charge in [-0.3, -0.25) is 9.88 Å². The van der Waals surface area contributed by atoms with E-state index in [0.29, 0.717) is 16.5 Å². The molecule has 1 fully saturated rings. The lowest BCUT2D eigenvalue weighted by atomic mass is 10.2. The molecule has 112 valence electrons. The van der Waals surface area contributed by atoms with Gasteiger partial charge >= 0.3 is 0 Å². The van der Waals surface area contributed by atoms with Gasteiger partial charge in [0, 0.05) is 51.3 Å². The van der Waals surface area contributed by atoms with Gasteiger partial charge in [0.1, 0.15) is 6.07 Å². The van der Waals surface area contributed by atoms with Crippen LogP contribution in [-0.4, -0.2) is 46.0 Å². The van der Waals surface area contributed by atoms with Gasteiger partial charge in [-0.25, -0.2) is 9.97 Å². The van der Waals surface area contributed by atoms with Crippen LogP contribution in [-0.2, 0) is 6.54 Å². The molecular formula is C15H15ClN6. The highest BCUT2D eigenvalue weighted by molar-refractivity contribution is 6.30. The lowest BCUT2D eigenvalue weighted by Crippen LogP contribution is -2.46. The summed E-state index contributed by atoms with van der Waals surface area (Å²) in [6.07, 6.45) is 4.84. The van der Waals surface area contributed by atoms with Crippen molar-refractivity contribution >= 4 is 17.4 Å². The van der Waals surface area contributed by atoms with E-state index in [0.717, 1.165) is 38.4 Å². The quantitative estimate of drug-likeness (QED) is 0.859. The average Bonchev–Trinajstić information content (AvgIpc) is 2.58. The average molecular weight is 315 g/mol. The molecule has 0 atom stereocenters. The first-order valence-corrected chi connectivity index (χ1v) is 7.43. The lowest BCUT2D eigenvalue weighted by Gasteiger charge is -2.35. The SMILES string of the molecule is N#Cc1nccnc1N1CCN(Cc2ccc(Cl)cn2)CC1. The zero-order valence-corrected chi connectivity index (χ0v) is 12.7. The zero-order valence-electron chi connectivity index (χ0n) is 12.0. The Morgan fingerprint density at radius 2 is 1.86 bits per heavy atom. The molecule has 3 heterocycles. The van der Waals surface area contributed by atoms with E-state index in [1.165, 1.54) is 0 Å². The fourth-order valence-electron chi connectivity index (χ4n) is 2.49. The Labute approximate surface area is 134 Å². The third-order valence-corrected chi connectivity index (χ3v) is 3.85. The molecule has 0 saturated carbocycles. The molecule has 0 aliphatic carbocycles. The summed E-state index contributed by atoms with van der Waals surface area (Å²) in [5.74, 6) is 0.675. The fourth-order valence-corrected chi connectivity index (χ4v) is 2.60. The highest BCUT2D eigenvalue weighted by atomic mass is 35.5. The Balaban J connectivity index is 1.61. The van der Waals surface area contributed by atoms with E-state index in [4.69, 9.17) is 16.9 Å². The number of halogens is 1. The van der Waals surface area contributed by atoms with Gasteiger partial charge in [-0.15, -0.1) is 0 Å². The van der Waals surface area contributed by atoms with Crippen LogP contribution < -0.4 is 4.90 Å². The molecule has 1 saturated heterocycles. The standard InChI is InChI=1S/C15H15ClN6/c16-12-1-2-13(20-10-12)11-21-5-7-22(8-6-21)15-14(9-17)18-3-4-19-15/h1-4,10H,5-8,11H2. The minimum Gasteiger partial charge on any atom is -0.352 e. The van der Waals surface area contributed by atoms with Crippen molar-refractivity contribution < 1.29 is 0 Å². The van der Waals surface area contributed by atoms with Gasteiger partial charge in [-0.1, -0.05) is 11.6 Å². The molecule has 0 amide bonds. The number of anilines is 1. The van der Waals surface area contributed by atoms with E-state index in [9.17, 15) is 0 Å². The van der Waals surface area contributed by atoms with Gasteiger partial charge in [0.15, 0.2) is 11.5 Å². The third kappa shape index (κ3) is 3.32. The maximum absolute atomic E-state index is 9.11. The van der Waals surface area contributed by atoms with Crippen LogP contribution in [0.3, 0.4) is 0 Å². The van der Waals surface area contributed by atoms with Crippen molar-refractivity contribution in [3.63, 3.8) is 0 Å². The summed E-state index contributed by atoms with van der Waals surface area (Å²) in [7, 11) is 0. The number of aromatic nitrogens is 3. The minimum atomic E-state index is 0.385. The number of hydrogen-bond acceptors (Lipinski definition) is 6. The number of nitriles is 1. The monoisotopic (exact) mass is 314 g/mol. The van der Waals surface area contributed by atoms with E-state index in [1.807, 2.05) is 12.1 Å². The molecule has 0 aromatic carbocycles. The second-order valence-corrected chi connectivity index (χ2v) is 5.51. The maximum Gasteiger partial charge on any atom is 0.183 e. The van der Waals surface area contributed by atoms with Crippen molar-refractivity contribution in [3.8, 4) is 6.07 Å². The van der Waals surface area contributed by atoms with Gasteiger partial charge in [-0.2, -0.15) is 5.26 Å². The van der Waals surface area contributed by atoms with Crippen LogP contribution in [0.4, 0.5) is 5.82 Å². The summed E-state index contributed by atoms with van der Waals surface area (Å²) in [6, 6.07) is 5.91. The molecule has 0 spiro atoms. The Morgan fingerprint density at radius 1 is 1.09 bits per heavy atom. The Kier molecular flexibility index (Phi) is 4.47. The molecule has 0 unspecified atom stereocenters. The van der Waals surface area contributed by atoms with Gasteiger partial charge in [0.2, 0.25) is 0 Å². The van der Waals surface area contributed by atoms with Crippen LogP contribution in [0.1, 0.15) is 11.4 Å². The van der Waals surface area contributed by atoms with Crippen LogP contribution in [0.25, 0.3) is 0 Å². The van der Waals surface area contributed by atoms with Gasteiger partial charge in [0.25, 0.3) is 0 Å². The first kappa shape index (κ1) is 14.7. The molecule has 7 heteroatoms. The minimum absolute atomic E-state index is 0.385. The van der Waals surface area contributed by atoms with E-state index >= 15 is 0 Å². The molecule has 22 heavy (non-hydrogen) atoms. The molecule has 0 radical (unpaired) electrons. The zero-order chi connectivity index (χ0) is 15.4. The molecule has 0 N–H and O–H groups in total. The molecular weight excluding hydrogens is 300 g/mol. The van der Waals surface area contributed by atoms with Crippen molar-refractivity contribution in [2.75, 3.05) is 31.1 Å². The van der Waals surface area contributed by atoms with Crippen LogP contribution in [0, 0.1) is 11.3 Å². The first-order chi connectivity index (χ1) is 10.8. The number of hydrogen-bond donors (Lipinski definition) is 0. The van der Waals surface area contributed by atoms with Gasteiger partial charge in [-0.05, 0) is 12.1 Å². The van der Waals surface area contributed by atoms with E-state index < -0.39 is 0 Å². The molecule has 1 aliphatic rings. The van der Waals surface area contributed by atoms with Crippen LogP contribution in [0.2, 0.25) is 5.02 Å². The highest BCUT2D eigenvalue weighted by Gasteiger charge is 2.20. The smallest absolute Gasteiger partial charge is 0.183 e. The van der Waals surface area contributed by atoms with E-state index in [-0.39, 0.29) is 0 Å². The summed E-state index contributed by atoms with van der Waals surface area (Å²) in [5.41, 5.74) is 1.39. The number of piperazine rings is 1. The fraction of sp³-hybridized carbons (Fsp3) is 0.333. The Bertz CT molecular complexity index is 673. The van der Waals surface area contributed by atoms with Crippen LogP contribution >= 0.6 is 11.6 Å². The first-order valence-electron chi connectivity index (χ1n) is 7.05. The van der Waals surface area contributed by atoms with Crippen molar-refractivity contribution in [1.82, 2.24) is 19.9 Å². The van der Waals surface area contributed by atoms with Crippen molar-refractivity contribution in [2.45, 2.75) is 6.54 Å². The third-order valence-electron chi connectivity index (χ3n) is 3.63. The molecule has 3 rings (SSSR count). The largest absolute Gasteiger partial charge is 0.352 e. The summed E-state index contributed by atoms with van der Waals surface area (Å²) in [5, 5.41) is 9.76. The summed E-state index contributed by atoms with van der Waals surface area (Å²) >= 11 is 5.85. The number of nitrogens with zero attached hydrogens (tertiary/aromatic N) is 6. The van der Waals surface area contributed by atoms with Gasteiger partial charge < -0.3 is 4.90 Å². The predicted octanol–water partition coefficient (Wildman–Crippen LogP) is 1.72. The maximum atomic E-state index is 9.11. The number of rotatable bonds is 3. The van der Waals surface area contributed by atoms with Gasteiger partial charge in [0.05, 0.1) is 10.7 Å². The molecule has 1 aliphatic heterocycles. The van der Waals surface area contributed by atoms with Crippen molar-refractivity contribution in [2.24, 2.45) is 0 Å². The molecule has 2 aromatic heterocycles. The highest BCUT2D eigenvalue weighted by Crippen LogP contribution is 2.17. The number of pyridine rings is 1. The normalized spacial score (nSPS) is 15.5. The summed E-state index contributed by atoms with van der Waals surface area (Å²) < 4.78 is 0. The molecule has 6 nitrogen and oxygen atoms in total. The molecule has 2 aromatic rings. The van der Waals surface area contributed by atoms with Crippen molar-refractivity contribution in [1.29, 1.82) is 5.26 Å². The molecule has 0 bridgehead atoms.